The van der Waals surface area contributed by atoms with Crippen LogP contribution in [0.4, 0.5) is 0 Å². The van der Waals surface area contributed by atoms with Crippen LogP contribution in [0.2, 0.25) is 0 Å². The molecular weight excluding hydrogens is 404 g/mol. The van der Waals surface area contributed by atoms with Crippen molar-refractivity contribution in [3.63, 3.8) is 0 Å². The molecule has 0 aromatic heterocycles. The third-order valence-corrected chi connectivity index (χ3v) is 7.80. The van der Waals surface area contributed by atoms with Crippen molar-refractivity contribution >= 4 is 16.1 Å². The minimum Gasteiger partial charge on any atom is -0.290 e. The molecule has 0 radical (unpaired) electrons. The van der Waals surface area contributed by atoms with Crippen molar-refractivity contribution in [2.45, 2.75) is 36.9 Å². The highest BCUT2D eigenvalue weighted by atomic mass is 32.2. The van der Waals surface area contributed by atoms with Gasteiger partial charge in [-0.05, 0) is 47.7 Å². The van der Waals surface area contributed by atoms with Crippen LogP contribution in [0, 0.1) is 6.92 Å². The summed E-state index contributed by atoms with van der Waals surface area (Å²) in [7, 11) is -3.66. The summed E-state index contributed by atoms with van der Waals surface area (Å²) >= 11 is 0. The number of rotatable bonds is 4. The highest BCUT2D eigenvalue weighted by Crippen LogP contribution is 2.34. The Morgan fingerprint density at radius 2 is 1.61 bits per heavy atom. The molecule has 0 amide bonds. The van der Waals surface area contributed by atoms with E-state index in [1.807, 2.05) is 43.3 Å². The Bertz CT molecular complexity index is 1230. The van der Waals surface area contributed by atoms with Gasteiger partial charge in [0.25, 0.3) is 0 Å². The van der Waals surface area contributed by atoms with Gasteiger partial charge in [-0.25, -0.2) is 13.1 Å². The summed E-state index contributed by atoms with van der Waals surface area (Å²) < 4.78 is 29.6. The first-order valence-electron chi connectivity index (χ1n) is 10.7. The standard InChI is InChI=1S/C26H26N2O2S/c1-19-10-13-23(14-11-19)31(29,30)27-26-24-9-5-4-7-21(24)12-15-25(26)28-17-16-20-6-2-3-8-22(20)18-28/h2-15,25-27H,16-18H2,1H3/t25-,26-/m1/s1. The van der Waals surface area contributed by atoms with Gasteiger partial charge in [-0.15, -0.1) is 0 Å². The average molecular weight is 431 g/mol. The number of sulfonamides is 1. The smallest absolute Gasteiger partial charge is 0.241 e. The summed E-state index contributed by atoms with van der Waals surface area (Å²) in [6, 6.07) is 23.2. The SMILES string of the molecule is Cc1ccc(S(=O)(=O)N[C@@H]2c3ccccc3C=C[C@H]2N2CCc3ccccc3C2)cc1. The summed E-state index contributed by atoms with van der Waals surface area (Å²) in [6.45, 7) is 3.67. The predicted molar refractivity (Wildman–Crippen MR) is 124 cm³/mol. The fraction of sp³-hybridized carbons (Fsp3) is 0.231. The van der Waals surface area contributed by atoms with Crippen molar-refractivity contribution in [1.82, 2.24) is 9.62 Å². The first-order chi connectivity index (χ1) is 15.0. The van der Waals surface area contributed by atoms with Crippen molar-refractivity contribution in [3.8, 4) is 0 Å². The molecule has 158 valence electrons. The maximum Gasteiger partial charge on any atom is 0.241 e. The lowest BCUT2D eigenvalue weighted by Gasteiger charge is -2.40. The van der Waals surface area contributed by atoms with Crippen molar-refractivity contribution in [2.75, 3.05) is 6.54 Å². The van der Waals surface area contributed by atoms with E-state index < -0.39 is 10.0 Å². The fourth-order valence-electron chi connectivity index (χ4n) is 4.63. The van der Waals surface area contributed by atoms with Gasteiger partial charge >= 0.3 is 0 Å². The van der Waals surface area contributed by atoms with Gasteiger partial charge in [-0.2, -0.15) is 0 Å². The lowest BCUT2D eigenvalue weighted by Crippen LogP contribution is -2.48. The first-order valence-corrected chi connectivity index (χ1v) is 12.2. The van der Waals surface area contributed by atoms with Crippen LogP contribution in [0.3, 0.4) is 0 Å². The highest BCUT2D eigenvalue weighted by Gasteiger charge is 2.35. The van der Waals surface area contributed by atoms with Crippen LogP contribution < -0.4 is 4.72 Å². The molecule has 1 aliphatic carbocycles. The molecule has 0 fully saturated rings. The van der Waals surface area contributed by atoms with Gasteiger partial charge in [0, 0.05) is 19.1 Å². The zero-order valence-corrected chi connectivity index (χ0v) is 18.3. The van der Waals surface area contributed by atoms with Gasteiger partial charge in [0.2, 0.25) is 10.0 Å². The molecular formula is C26H26N2O2S. The normalized spacial score (nSPS) is 20.8. The second-order valence-corrected chi connectivity index (χ2v) is 10.1. The van der Waals surface area contributed by atoms with E-state index in [9.17, 15) is 8.42 Å². The summed E-state index contributed by atoms with van der Waals surface area (Å²) in [4.78, 5) is 2.68. The third kappa shape index (κ3) is 3.97. The Labute approximate surface area is 184 Å². The van der Waals surface area contributed by atoms with Crippen LogP contribution in [-0.2, 0) is 23.0 Å². The van der Waals surface area contributed by atoms with Crippen molar-refractivity contribution in [2.24, 2.45) is 0 Å². The number of fused-ring (bicyclic) bond motifs is 2. The molecule has 5 rings (SSSR count). The van der Waals surface area contributed by atoms with E-state index in [1.54, 1.807) is 12.1 Å². The zero-order chi connectivity index (χ0) is 21.4. The van der Waals surface area contributed by atoms with Crippen molar-refractivity contribution in [3.05, 3.63) is 107 Å². The molecule has 31 heavy (non-hydrogen) atoms. The molecule has 1 heterocycles. The lowest BCUT2D eigenvalue weighted by atomic mass is 9.87. The molecule has 2 aliphatic rings. The number of nitrogens with one attached hydrogen (secondary N) is 1. The van der Waals surface area contributed by atoms with Crippen LogP contribution >= 0.6 is 0 Å². The topological polar surface area (TPSA) is 49.4 Å². The van der Waals surface area contributed by atoms with Crippen molar-refractivity contribution in [1.29, 1.82) is 0 Å². The molecule has 2 atom stereocenters. The third-order valence-electron chi connectivity index (χ3n) is 6.34. The maximum atomic E-state index is 13.3. The van der Waals surface area contributed by atoms with E-state index in [-0.39, 0.29) is 12.1 Å². The Morgan fingerprint density at radius 1 is 0.903 bits per heavy atom. The highest BCUT2D eigenvalue weighted by molar-refractivity contribution is 7.89. The molecule has 0 unspecified atom stereocenters. The largest absolute Gasteiger partial charge is 0.290 e. The number of hydrogen-bond acceptors (Lipinski definition) is 3. The summed E-state index contributed by atoms with van der Waals surface area (Å²) in [6.07, 6.45) is 5.25. The predicted octanol–water partition coefficient (Wildman–Crippen LogP) is 4.47. The molecule has 1 aliphatic heterocycles. The van der Waals surface area contributed by atoms with E-state index in [1.165, 1.54) is 11.1 Å². The minimum atomic E-state index is -3.66. The summed E-state index contributed by atoms with van der Waals surface area (Å²) in [5.41, 5.74) is 5.82. The lowest BCUT2D eigenvalue weighted by molar-refractivity contribution is 0.181. The molecule has 5 heteroatoms. The Morgan fingerprint density at radius 3 is 2.42 bits per heavy atom. The second-order valence-electron chi connectivity index (χ2n) is 8.38. The molecule has 0 saturated heterocycles. The Balaban J connectivity index is 1.50. The van der Waals surface area contributed by atoms with Crippen LogP contribution in [0.15, 0.2) is 83.8 Å². The molecule has 1 N–H and O–H groups in total. The van der Waals surface area contributed by atoms with Crippen LogP contribution in [0.1, 0.15) is 33.9 Å². The Hall–Kier alpha value is -2.73. The van der Waals surface area contributed by atoms with E-state index in [4.69, 9.17) is 0 Å². The van der Waals surface area contributed by atoms with E-state index >= 15 is 0 Å². The fourth-order valence-corrected chi connectivity index (χ4v) is 5.86. The van der Waals surface area contributed by atoms with Gasteiger partial charge in [0.1, 0.15) is 0 Å². The molecule has 0 saturated carbocycles. The molecule has 4 nitrogen and oxygen atoms in total. The van der Waals surface area contributed by atoms with Crippen molar-refractivity contribution < 1.29 is 8.42 Å². The monoisotopic (exact) mass is 430 g/mol. The molecule has 3 aromatic carbocycles. The molecule has 0 bridgehead atoms. The van der Waals surface area contributed by atoms with Gasteiger partial charge < -0.3 is 0 Å². The van der Waals surface area contributed by atoms with Gasteiger partial charge in [0.15, 0.2) is 0 Å². The summed E-state index contributed by atoms with van der Waals surface area (Å²) in [5.74, 6) is 0. The van der Waals surface area contributed by atoms with Gasteiger partial charge in [0.05, 0.1) is 10.9 Å². The number of aryl methyl sites for hydroxylation is 1. The van der Waals surface area contributed by atoms with Crippen LogP contribution in [-0.4, -0.2) is 25.9 Å². The Kier molecular flexibility index (Phi) is 5.26. The maximum absolute atomic E-state index is 13.3. The molecule has 3 aromatic rings. The van der Waals surface area contributed by atoms with E-state index in [0.717, 1.165) is 36.2 Å². The summed E-state index contributed by atoms with van der Waals surface area (Å²) in [5, 5.41) is 0. The minimum absolute atomic E-state index is 0.0523. The number of nitrogens with zero attached hydrogens (tertiary/aromatic N) is 1. The van der Waals surface area contributed by atoms with Crippen LogP contribution in [0.25, 0.3) is 6.08 Å². The second kappa shape index (κ2) is 8.08. The average Bonchev–Trinajstić information content (AvgIpc) is 2.79. The first kappa shape index (κ1) is 20.2. The number of benzene rings is 3. The van der Waals surface area contributed by atoms with E-state index in [0.29, 0.717) is 4.90 Å². The quantitative estimate of drug-likeness (QED) is 0.665. The van der Waals surface area contributed by atoms with Gasteiger partial charge in [-0.3, -0.25) is 4.90 Å². The van der Waals surface area contributed by atoms with Gasteiger partial charge in [-0.1, -0.05) is 78.4 Å². The van der Waals surface area contributed by atoms with E-state index in [2.05, 4.69) is 46.0 Å². The van der Waals surface area contributed by atoms with Crippen LogP contribution in [0.5, 0.6) is 0 Å². The molecule has 0 spiro atoms. The number of hydrogen-bond donors (Lipinski definition) is 1. The zero-order valence-electron chi connectivity index (χ0n) is 17.5.